The van der Waals surface area contributed by atoms with Crippen molar-refractivity contribution < 1.29 is 20.0 Å². The number of nitrogens with two attached hydrogens (primary N) is 1. The van der Waals surface area contributed by atoms with Crippen molar-refractivity contribution >= 4 is 11.5 Å². The molecule has 22 heavy (non-hydrogen) atoms. The highest BCUT2D eigenvalue weighted by Crippen LogP contribution is 2.34. The van der Waals surface area contributed by atoms with Crippen LogP contribution in [0.25, 0.3) is 0 Å². The van der Waals surface area contributed by atoms with Gasteiger partial charge in [-0.3, -0.25) is 10.1 Å². The number of phenols is 1. The van der Waals surface area contributed by atoms with Crippen molar-refractivity contribution in [2.24, 2.45) is 10.9 Å². The second-order valence-corrected chi connectivity index (χ2v) is 4.50. The van der Waals surface area contributed by atoms with Crippen LogP contribution in [0.1, 0.15) is 11.1 Å². The van der Waals surface area contributed by atoms with Crippen LogP contribution in [-0.2, 0) is 0 Å². The van der Waals surface area contributed by atoms with Crippen LogP contribution < -0.4 is 10.5 Å². The number of benzene rings is 2. The molecular weight excluding hydrogens is 290 g/mol. The van der Waals surface area contributed by atoms with E-state index >= 15 is 0 Å². The molecule has 0 bridgehead atoms. The number of phenolic OH excluding ortho intramolecular Hbond substituents is 1. The fraction of sp³-hybridized carbons (Fsp3) is 0.0714. The first-order valence-electron chi connectivity index (χ1n) is 6.16. The number of ether oxygens (including phenoxy) is 1. The third-order valence-electron chi connectivity index (χ3n) is 2.89. The van der Waals surface area contributed by atoms with Crippen LogP contribution in [0, 0.1) is 17.0 Å². The minimum Gasteiger partial charge on any atom is -0.504 e. The summed E-state index contributed by atoms with van der Waals surface area (Å²) in [6, 6.07) is 8.42. The molecule has 0 radical (unpaired) electrons. The highest BCUT2D eigenvalue weighted by Gasteiger charge is 2.16. The van der Waals surface area contributed by atoms with Crippen LogP contribution in [0.5, 0.6) is 17.2 Å². The standard InChI is InChI=1S/C14H13N3O5/c1-8-2-4-13(11(18)6-8)22-12-5-3-9(17(20)21)7-10(12)14(15)16-19/h2-7,18-19H,1H3,(H2,15,16). The van der Waals surface area contributed by atoms with Gasteiger partial charge in [-0.05, 0) is 30.7 Å². The highest BCUT2D eigenvalue weighted by molar-refractivity contribution is 6.00. The van der Waals surface area contributed by atoms with E-state index in [1.165, 1.54) is 18.2 Å². The Morgan fingerprint density at radius 2 is 1.95 bits per heavy atom. The summed E-state index contributed by atoms with van der Waals surface area (Å²) in [6.45, 7) is 1.80. The Balaban J connectivity index is 2.48. The summed E-state index contributed by atoms with van der Waals surface area (Å²) in [5, 5.41) is 32.3. The van der Waals surface area contributed by atoms with Crippen molar-refractivity contribution in [1.82, 2.24) is 0 Å². The molecule has 8 nitrogen and oxygen atoms in total. The van der Waals surface area contributed by atoms with Crippen molar-refractivity contribution in [3.05, 3.63) is 57.6 Å². The zero-order chi connectivity index (χ0) is 16.3. The maximum atomic E-state index is 10.8. The number of rotatable bonds is 4. The largest absolute Gasteiger partial charge is 0.504 e. The maximum Gasteiger partial charge on any atom is 0.270 e. The Kier molecular flexibility index (Phi) is 4.12. The lowest BCUT2D eigenvalue weighted by Gasteiger charge is -2.11. The molecule has 0 aliphatic rings. The Bertz CT molecular complexity index is 758. The van der Waals surface area contributed by atoms with Crippen LogP contribution >= 0.6 is 0 Å². The smallest absolute Gasteiger partial charge is 0.270 e. The normalized spacial score (nSPS) is 11.2. The third-order valence-corrected chi connectivity index (χ3v) is 2.89. The van der Waals surface area contributed by atoms with Gasteiger partial charge in [0.2, 0.25) is 0 Å². The van der Waals surface area contributed by atoms with E-state index in [0.717, 1.165) is 11.6 Å². The quantitative estimate of drug-likeness (QED) is 0.261. The molecule has 0 saturated heterocycles. The molecule has 0 aromatic heterocycles. The van der Waals surface area contributed by atoms with E-state index < -0.39 is 4.92 Å². The van der Waals surface area contributed by atoms with Gasteiger partial charge in [-0.1, -0.05) is 11.2 Å². The van der Waals surface area contributed by atoms with Gasteiger partial charge in [0, 0.05) is 12.1 Å². The number of hydrogen-bond acceptors (Lipinski definition) is 6. The van der Waals surface area contributed by atoms with E-state index in [4.69, 9.17) is 15.7 Å². The zero-order valence-corrected chi connectivity index (χ0v) is 11.6. The summed E-state index contributed by atoms with van der Waals surface area (Å²) >= 11 is 0. The maximum absolute atomic E-state index is 10.8. The van der Waals surface area contributed by atoms with Crippen LogP contribution in [0.2, 0.25) is 0 Å². The summed E-state index contributed by atoms with van der Waals surface area (Å²) in [7, 11) is 0. The number of aromatic hydroxyl groups is 1. The van der Waals surface area contributed by atoms with Crippen molar-refractivity contribution in [3.63, 3.8) is 0 Å². The molecule has 0 amide bonds. The van der Waals surface area contributed by atoms with Gasteiger partial charge in [0.15, 0.2) is 17.3 Å². The molecule has 2 aromatic carbocycles. The van der Waals surface area contributed by atoms with Gasteiger partial charge in [-0.2, -0.15) is 0 Å². The van der Waals surface area contributed by atoms with Crippen molar-refractivity contribution in [3.8, 4) is 17.2 Å². The first-order chi connectivity index (χ1) is 10.4. The molecule has 0 atom stereocenters. The molecule has 2 rings (SSSR count). The van der Waals surface area contributed by atoms with Gasteiger partial charge >= 0.3 is 0 Å². The van der Waals surface area contributed by atoms with Crippen LogP contribution in [0.3, 0.4) is 0 Å². The Labute approximate surface area is 125 Å². The van der Waals surface area contributed by atoms with E-state index in [0.29, 0.717) is 0 Å². The predicted molar refractivity (Wildman–Crippen MR) is 78.5 cm³/mol. The molecule has 2 aromatic rings. The molecule has 0 unspecified atom stereocenters. The van der Waals surface area contributed by atoms with E-state index in [-0.39, 0.29) is 34.3 Å². The molecular formula is C14H13N3O5. The first-order valence-corrected chi connectivity index (χ1v) is 6.16. The number of aryl methyl sites for hydroxylation is 1. The van der Waals surface area contributed by atoms with E-state index in [1.54, 1.807) is 19.1 Å². The molecule has 0 heterocycles. The summed E-state index contributed by atoms with van der Waals surface area (Å²) in [5.74, 6) is -0.180. The van der Waals surface area contributed by atoms with E-state index in [9.17, 15) is 15.2 Å². The van der Waals surface area contributed by atoms with Crippen LogP contribution in [0.15, 0.2) is 41.6 Å². The molecule has 0 aliphatic carbocycles. The monoisotopic (exact) mass is 303 g/mol. The van der Waals surface area contributed by atoms with Gasteiger partial charge in [-0.15, -0.1) is 0 Å². The van der Waals surface area contributed by atoms with Crippen molar-refractivity contribution in [2.75, 3.05) is 0 Å². The minimum absolute atomic E-state index is 0.0386. The number of nitro benzene ring substituents is 1. The molecule has 4 N–H and O–H groups in total. The predicted octanol–water partition coefficient (Wildman–Crippen LogP) is 2.50. The number of nitro groups is 1. The van der Waals surface area contributed by atoms with Crippen LogP contribution in [0.4, 0.5) is 5.69 Å². The number of oxime groups is 1. The lowest BCUT2D eigenvalue weighted by atomic mass is 10.1. The van der Waals surface area contributed by atoms with Crippen molar-refractivity contribution in [2.45, 2.75) is 6.92 Å². The fourth-order valence-corrected chi connectivity index (χ4v) is 1.81. The third kappa shape index (κ3) is 3.06. The van der Waals surface area contributed by atoms with Gasteiger partial charge in [0.1, 0.15) is 5.75 Å². The van der Waals surface area contributed by atoms with Gasteiger partial charge in [-0.25, -0.2) is 0 Å². The first kappa shape index (κ1) is 15.1. The topological polar surface area (TPSA) is 131 Å². The molecule has 0 aliphatic heterocycles. The number of non-ortho nitro benzene ring substituents is 1. The number of hydrogen-bond donors (Lipinski definition) is 3. The van der Waals surface area contributed by atoms with Gasteiger partial charge in [0.05, 0.1) is 10.5 Å². The minimum atomic E-state index is -0.610. The summed E-state index contributed by atoms with van der Waals surface area (Å²) in [4.78, 5) is 10.2. The summed E-state index contributed by atoms with van der Waals surface area (Å²) < 4.78 is 5.51. The SMILES string of the molecule is Cc1ccc(Oc2ccc([N+](=O)[O-])cc2/C(N)=N/O)c(O)c1. The van der Waals surface area contributed by atoms with E-state index in [2.05, 4.69) is 5.16 Å². The van der Waals surface area contributed by atoms with Gasteiger partial charge < -0.3 is 20.8 Å². The Hall–Kier alpha value is -3.29. The molecule has 8 heteroatoms. The highest BCUT2D eigenvalue weighted by atomic mass is 16.6. The number of amidine groups is 1. The summed E-state index contributed by atoms with van der Waals surface area (Å²) in [6.07, 6.45) is 0. The molecule has 0 fully saturated rings. The second kappa shape index (κ2) is 6.00. The molecule has 114 valence electrons. The lowest BCUT2D eigenvalue weighted by Crippen LogP contribution is -2.14. The molecule has 0 spiro atoms. The second-order valence-electron chi connectivity index (χ2n) is 4.50. The Morgan fingerprint density at radius 3 is 2.55 bits per heavy atom. The van der Waals surface area contributed by atoms with Crippen LogP contribution in [-0.4, -0.2) is 21.1 Å². The zero-order valence-electron chi connectivity index (χ0n) is 11.6. The Morgan fingerprint density at radius 1 is 1.27 bits per heavy atom. The fourth-order valence-electron chi connectivity index (χ4n) is 1.81. The van der Waals surface area contributed by atoms with E-state index in [1.807, 2.05) is 0 Å². The molecule has 0 saturated carbocycles. The van der Waals surface area contributed by atoms with Crippen molar-refractivity contribution in [1.29, 1.82) is 0 Å². The lowest BCUT2D eigenvalue weighted by molar-refractivity contribution is -0.384. The average Bonchev–Trinajstić information content (AvgIpc) is 2.49. The number of nitrogens with zero attached hydrogens (tertiary/aromatic N) is 2. The average molecular weight is 303 g/mol. The van der Waals surface area contributed by atoms with Gasteiger partial charge in [0.25, 0.3) is 5.69 Å². The summed E-state index contributed by atoms with van der Waals surface area (Å²) in [5.41, 5.74) is 6.16.